The summed E-state index contributed by atoms with van der Waals surface area (Å²) in [5.74, 6) is 0. The van der Waals surface area contributed by atoms with Gasteiger partial charge in [-0.1, -0.05) is 46.3 Å². The highest BCUT2D eigenvalue weighted by Gasteiger charge is 2.10. The molecule has 1 heterocycles. The summed E-state index contributed by atoms with van der Waals surface area (Å²) in [5, 5.41) is 3.56. The Kier molecular flexibility index (Phi) is 3.69. The average molecular weight is 332 g/mol. The van der Waals surface area contributed by atoms with Crippen LogP contribution in [0.25, 0.3) is 10.1 Å². The third-order valence-electron chi connectivity index (χ3n) is 3.28. The molecule has 2 N–H and O–H groups in total. The van der Waals surface area contributed by atoms with Gasteiger partial charge in [0.15, 0.2) is 0 Å². The van der Waals surface area contributed by atoms with Crippen molar-refractivity contribution < 1.29 is 0 Å². The third kappa shape index (κ3) is 2.73. The minimum absolute atomic E-state index is 0.0375. The van der Waals surface area contributed by atoms with Crippen molar-refractivity contribution in [1.29, 1.82) is 0 Å². The fourth-order valence-electron chi connectivity index (χ4n) is 2.28. The fraction of sp³-hybridized carbons (Fsp3) is 0.125. The van der Waals surface area contributed by atoms with Crippen LogP contribution in [0.5, 0.6) is 0 Å². The number of nitrogens with two attached hydrogens (primary N) is 1. The van der Waals surface area contributed by atoms with E-state index in [1.54, 1.807) is 11.3 Å². The minimum atomic E-state index is 0.0375. The van der Waals surface area contributed by atoms with Crippen LogP contribution in [0, 0.1) is 0 Å². The minimum Gasteiger partial charge on any atom is -0.324 e. The maximum atomic E-state index is 6.33. The van der Waals surface area contributed by atoms with E-state index in [1.165, 1.54) is 21.2 Å². The molecule has 0 aliphatic heterocycles. The Balaban J connectivity index is 1.89. The van der Waals surface area contributed by atoms with E-state index < -0.39 is 0 Å². The van der Waals surface area contributed by atoms with Crippen molar-refractivity contribution in [3.8, 4) is 0 Å². The normalized spacial score (nSPS) is 12.7. The Bertz CT molecular complexity index is 705. The number of thiophene rings is 1. The molecule has 96 valence electrons. The van der Waals surface area contributed by atoms with Gasteiger partial charge in [-0.2, -0.15) is 0 Å². The summed E-state index contributed by atoms with van der Waals surface area (Å²) in [5.41, 5.74) is 8.84. The van der Waals surface area contributed by atoms with E-state index in [-0.39, 0.29) is 6.04 Å². The molecule has 19 heavy (non-hydrogen) atoms. The number of hydrogen-bond acceptors (Lipinski definition) is 2. The lowest BCUT2D eigenvalue weighted by Gasteiger charge is -2.12. The smallest absolute Gasteiger partial charge is 0.0345 e. The van der Waals surface area contributed by atoms with Crippen molar-refractivity contribution >= 4 is 37.4 Å². The quantitative estimate of drug-likeness (QED) is 0.725. The predicted molar refractivity (Wildman–Crippen MR) is 86.6 cm³/mol. The maximum absolute atomic E-state index is 6.33. The summed E-state index contributed by atoms with van der Waals surface area (Å²) in [7, 11) is 0. The molecule has 0 saturated carbocycles. The van der Waals surface area contributed by atoms with Gasteiger partial charge >= 0.3 is 0 Å². The van der Waals surface area contributed by atoms with Crippen molar-refractivity contribution in [2.24, 2.45) is 5.73 Å². The standard InChI is InChI=1S/C16H14BrNS/c17-13-5-3-4-11(8-13)15(18)9-12-10-19-16-7-2-1-6-14(12)16/h1-8,10,15H,9,18H2. The molecule has 1 aromatic heterocycles. The van der Waals surface area contributed by atoms with Crippen molar-refractivity contribution in [2.45, 2.75) is 12.5 Å². The summed E-state index contributed by atoms with van der Waals surface area (Å²) >= 11 is 5.28. The Morgan fingerprint density at radius 3 is 2.79 bits per heavy atom. The second-order valence-electron chi connectivity index (χ2n) is 4.62. The van der Waals surface area contributed by atoms with E-state index in [0.717, 1.165) is 10.9 Å². The maximum Gasteiger partial charge on any atom is 0.0345 e. The Hall–Kier alpha value is -1.16. The summed E-state index contributed by atoms with van der Waals surface area (Å²) in [6.45, 7) is 0. The molecule has 0 fully saturated rings. The first-order valence-electron chi connectivity index (χ1n) is 6.20. The van der Waals surface area contributed by atoms with Crippen molar-refractivity contribution in [1.82, 2.24) is 0 Å². The SMILES string of the molecule is NC(Cc1csc2ccccc12)c1cccc(Br)c1. The number of fused-ring (bicyclic) bond motifs is 1. The van der Waals surface area contributed by atoms with Crippen LogP contribution >= 0.6 is 27.3 Å². The summed E-state index contributed by atoms with van der Waals surface area (Å²) in [6, 6.07) is 16.8. The van der Waals surface area contributed by atoms with Crippen molar-refractivity contribution in [2.75, 3.05) is 0 Å². The van der Waals surface area contributed by atoms with Gasteiger partial charge < -0.3 is 5.73 Å². The molecule has 0 bridgehead atoms. The lowest BCUT2D eigenvalue weighted by atomic mass is 9.99. The zero-order valence-corrected chi connectivity index (χ0v) is 12.7. The van der Waals surface area contributed by atoms with Gasteiger partial charge in [0, 0.05) is 15.2 Å². The highest BCUT2D eigenvalue weighted by molar-refractivity contribution is 9.10. The first kappa shape index (κ1) is 12.9. The van der Waals surface area contributed by atoms with Crippen LogP contribution in [-0.2, 0) is 6.42 Å². The molecule has 1 atom stereocenters. The average Bonchev–Trinajstić information content (AvgIpc) is 2.82. The Morgan fingerprint density at radius 1 is 1.11 bits per heavy atom. The zero-order chi connectivity index (χ0) is 13.2. The van der Waals surface area contributed by atoms with Gasteiger partial charge in [-0.15, -0.1) is 11.3 Å². The third-order valence-corrected chi connectivity index (χ3v) is 4.78. The molecule has 2 aromatic carbocycles. The predicted octanol–water partition coefficient (Wildman–Crippen LogP) is 4.91. The largest absolute Gasteiger partial charge is 0.324 e. The Morgan fingerprint density at radius 2 is 1.95 bits per heavy atom. The molecule has 1 nitrogen and oxygen atoms in total. The van der Waals surface area contributed by atoms with Crippen LogP contribution in [0.1, 0.15) is 17.2 Å². The first-order chi connectivity index (χ1) is 9.24. The molecule has 0 saturated heterocycles. The first-order valence-corrected chi connectivity index (χ1v) is 7.87. The van der Waals surface area contributed by atoms with Crippen LogP contribution in [-0.4, -0.2) is 0 Å². The van der Waals surface area contributed by atoms with Gasteiger partial charge in [-0.3, -0.25) is 0 Å². The molecule has 0 aliphatic rings. The van der Waals surface area contributed by atoms with E-state index in [1.807, 2.05) is 12.1 Å². The number of hydrogen-bond donors (Lipinski definition) is 1. The summed E-state index contributed by atoms with van der Waals surface area (Å²) in [4.78, 5) is 0. The van der Waals surface area contributed by atoms with Gasteiger partial charge in [0.05, 0.1) is 0 Å². The van der Waals surface area contributed by atoms with E-state index in [4.69, 9.17) is 5.73 Å². The summed E-state index contributed by atoms with van der Waals surface area (Å²) in [6.07, 6.45) is 0.875. The molecule has 0 amide bonds. The van der Waals surface area contributed by atoms with Crippen LogP contribution in [0.3, 0.4) is 0 Å². The molecular weight excluding hydrogens is 318 g/mol. The van der Waals surface area contributed by atoms with Crippen LogP contribution < -0.4 is 5.73 Å². The molecule has 3 heteroatoms. The van der Waals surface area contributed by atoms with Crippen molar-refractivity contribution in [3.05, 3.63) is 69.5 Å². The molecule has 0 aliphatic carbocycles. The van der Waals surface area contributed by atoms with Crippen molar-refractivity contribution in [3.63, 3.8) is 0 Å². The van der Waals surface area contributed by atoms with Crippen LogP contribution in [0.15, 0.2) is 58.4 Å². The molecule has 3 rings (SSSR count). The van der Waals surface area contributed by atoms with Gasteiger partial charge in [0.1, 0.15) is 0 Å². The fourth-order valence-corrected chi connectivity index (χ4v) is 3.68. The lowest BCUT2D eigenvalue weighted by Crippen LogP contribution is -2.13. The molecule has 0 spiro atoms. The second-order valence-corrected chi connectivity index (χ2v) is 6.45. The lowest BCUT2D eigenvalue weighted by molar-refractivity contribution is 0.726. The van der Waals surface area contributed by atoms with Crippen LogP contribution in [0.4, 0.5) is 0 Å². The topological polar surface area (TPSA) is 26.0 Å². The molecule has 0 radical (unpaired) electrons. The van der Waals surface area contributed by atoms with Gasteiger partial charge in [-0.05, 0) is 46.5 Å². The highest BCUT2D eigenvalue weighted by Crippen LogP contribution is 2.29. The highest BCUT2D eigenvalue weighted by atomic mass is 79.9. The Labute approximate surface area is 125 Å². The number of rotatable bonds is 3. The molecule has 1 unspecified atom stereocenters. The van der Waals surface area contributed by atoms with Crippen LogP contribution in [0.2, 0.25) is 0 Å². The number of halogens is 1. The van der Waals surface area contributed by atoms with E-state index in [9.17, 15) is 0 Å². The monoisotopic (exact) mass is 331 g/mol. The van der Waals surface area contributed by atoms with Gasteiger partial charge in [0.25, 0.3) is 0 Å². The molecular formula is C16H14BrNS. The van der Waals surface area contributed by atoms with Gasteiger partial charge in [-0.25, -0.2) is 0 Å². The number of benzene rings is 2. The molecule has 3 aromatic rings. The van der Waals surface area contributed by atoms with E-state index in [2.05, 4.69) is 57.7 Å². The summed E-state index contributed by atoms with van der Waals surface area (Å²) < 4.78 is 2.41. The zero-order valence-electron chi connectivity index (χ0n) is 10.3. The van der Waals surface area contributed by atoms with E-state index >= 15 is 0 Å². The van der Waals surface area contributed by atoms with E-state index in [0.29, 0.717) is 0 Å². The second kappa shape index (κ2) is 5.45. The van der Waals surface area contributed by atoms with Gasteiger partial charge in [0.2, 0.25) is 0 Å².